The van der Waals surface area contributed by atoms with E-state index in [2.05, 4.69) is 16.0 Å². The summed E-state index contributed by atoms with van der Waals surface area (Å²) in [4.78, 5) is 50.0. The number of likely N-dealkylation sites (N-methyl/N-ethyl adjacent to an activating group) is 1. The number of nitrogens with zero attached hydrogens (tertiary/aromatic N) is 1. The van der Waals surface area contributed by atoms with E-state index in [4.69, 9.17) is 0 Å². The molecule has 4 rings (SSSR count). The molecule has 0 radical (unpaired) electrons. The fraction of sp³-hybridized carbons (Fsp3) is 0.600. The lowest BCUT2D eigenvalue weighted by molar-refractivity contribution is -0.136. The van der Waals surface area contributed by atoms with Gasteiger partial charge in [0.05, 0.1) is 11.1 Å². The van der Waals surface area contributed by atoms with Crippen molar-refractivity contribution in [1.82, 2.24) is 15.5 Å². The molecule has 3 aliphatic rings. The summed E-state index contributed by atoms with van der Waals surface area (Å²) >= 11 is 0. The first-order chi connectivity index (χ1) is 15.9. The van der Waals surface area contributed by atoms with Gasteiger partial charge in [-0.15, -0.1) is 0 Å². The van der Waals surface area contributed by atoms with Crippen LogP contribution in [0.5, 0.6) is 0 Å². The first-order valence-electron chi connectivity index (χ1n) is 12.0. The van der Waals surface area contributed by atoms with Gasteiger partial charge in [0, 0.05) is 31.7 Å². The number of nitrogens with one attached hydrogen (secondary N) is 3. The van der Waals surface area contributed by atoms with Crippen LogP contribution in [0, 0.1) is 11.3 Å². The SMILES string of the molecule is CNC1CCC2(CC1)CC(CNc1cccc(C(=O)N(C)C3CCC(=O)NC3=O)c1C=O)C2. The van der Waals surface area contributed by atoms with Gasteiger partial charge in [-0.1, -0.05) is 6.07 Å². The number of piperidine rings is 1. The summed E-state index contributed by atoms with van der Waals surface area (Å²) < 4.78 is 0. The normalized spacial score (nSPS) is 29.2. The van der Waals surface area contributed by atoms with Crippen molar-refractivity contribution in [3.63, 3.8) is 0 Å². The second-order valence-corrected chi connectivity index (χ2v) is 9.99. The van der Waals surface area contributed by atoms with Crippen LogP contribution >= 0.6 is 0 Å². The van der Waals surface area contributed by atoms with E-state index in [1.807, 2.05) is 13.1 Å². The van der Waals surface area contributed by atoms with Crippen molar-refractivity contribution in [3.05, 3.63) is 29.3 Å². The molecule has 178 valence electrons. The quantitative estimate of drug-likeness (QED) is 0.431. The van der Waals surface area contributed by atoms with Crippen LogP contribution < -0.4 is 16.0 Å². The van der Waals surface area contributed by atoms with Gasteiger partial charge < -0.3 is 15.5 Å². The molecule has 0 bridgehead atoms. The maximum Gasteiger partial charge on any atom is 0.255 e. The van der Waals surface area contributed by atoms with E-state index < -0.39 is 17.9 Å². The molecule has 2 aliphatic carbocycles. The molecule has 1 heterocycles. The van der Waals surface area contributed by atoms with Crippen LogP contribution in [0.2, 0.25) is 0 Å². The summed E-state index contributed by atoms with van der Waals surface area (Å²) in [7, 11) is 3.58. The van der Waals surface area contributed by atoms with Gasteiger partial charge in [-0.25, -0.2) is 0 Å². The Balaban J connectivity index is 1.38. The number of imide groups is 1. The Kier molecular flexibility index (Phi) is 6.83. The number of rotatable bonds is 7. The van der Waals surface area contributed by atoms with E-state index in [1.165, 1.54) is 50.5 Å². The van der Waals surface area contributed by atoms with Crippen molar-refractivity contribution in [2.45, 2.75) is 63.5 Å². The predicted octanol–water partition coefficient (Wildman–Crippen LogP) is 2.35. The Labute approximate surface area is 194 Å². The third-order valence-corrected chi connectivity index (χ3v) is 7.93. The number of benzene rings is 1. The highest BCUT2D eigenvalue weighted by Gasteiger charge is 2.45. The number of hydrogen-bond donors (Lipinski definition) is 3. The number of carbonyl (C=O) groups is 4. The monoisotopic (exact) mass is 454 g/mol. The molecule has 2 saturated carbocycles. The number of carbonyl (C=O) groups excluding carboxylic acids is 4. The van der Waals surface area contributed by atoms with Crippen molar-refractivity contribution in [3.8, 4) is 0 Å². The van der Waals surface area contributed by atoms with Gasteiger partial charge in [0.1, 0.15) is 6.04 Å². The van der Waals surface area contributed by atoms with E-state index in [1.54, 1.807) is 12.1 Å². The minimum Gasteiger partial charge on any atom is -0.384 e. The third kappa shape index (κ3) is 4.81. The van der Waals surface area contributed by atoms with Crippen LogP contribution in [0.25, 0.3) is 0 Å². The van der Waals surface area contributed by atoms with Crippen molar-refractivity contribution in [1.29, 1.82) is 0 Å². The lowest BCUT2D eigenvalue weighted by atomic mass is 9.55. The Morgan fingerprint density at radius 2 is 1.94 bits per heavy atom. The molecule has 8 nitrogen and oxygen atoms in total. The summed E-state index contributed by atoms with van der Waals surface area (Å²) in [6.07, 6.45) is 8.65. The summed E-state index contributed by atoms with van der Waals surface area (Å²) in [6.45, 7) is 0.776. The Morgan fingerprint density at radius 1 is 1.21 bits per heavy atom. The predicted molar refractivity (Wildman–Crippen MR) is 125 cm³/mol. The van der Waals surface area contributed by atoms with Gasteiger partial charge in [-0.05, 0) is 75.5 Å². The highest BCUT2D eigenvalue weighted by molar-refractivity contribution is 6.07. The van der Waals surface area contributed by atoms with Gasteiger partial charge in [-0.2, -0.15) is 0 Å². The molecule has 1 saturated heterocycles. The zero-order valence-electron chi connectivity index (χ0n) is 19.5. The van der Waals surface area contributed by atoms with Crippen LogP contribution in [0.15, 0.2) is 18.2 Å². The van der Waals surface area contributed by atoms with E-state index in [0.29, 0.717) is 34.9 Å². The standard InChI is InChI=1S/C25H34N4O4/c1-26-17-8-10-25(11-9-17)12-16(13-25)14-27-20-5-3-4-18(19(20)15-30)24(33)29(2)21-6-7-22(31)28-23(21)32/h3-5,15-17,21,26-27H,6-14H2,1-2H3,(H,28,31,32). The lowest BCUT2D eigenvalue weighted by Crippen LogP contribution is -2.53. The van der Waals surface area contributed by atoms with Crippen LogP contribution in [0.4, 0.5) is 5.69 Å². The molecular weight excluding hydrogens is 420 g/mol. The highest BCUT2D eigenvalue weighted by Crippen LogP contribution is 2.54. The van der Waals surface area contributed by atoms with E-state index in [-0.39, 0.29) is 24.3 Å². The summed E-state index contributed by atoms with van der Waals surface area (Å²) in [6, 6.07) is 5.11. The molecule has 1 aromatic carbocycles. The van der Waals surface area contributed by atoms with Crippen molar-refractivity contribution >= 4 is 29.7 Å². The van der Waals surface area contributed by atoms with Gasteiger partial charge in [0.25, 0.3) is 5.91 Å². The van der Waals surface area contributed by atoms with Gasteiger partial charge in [-0.3, -0.25) is 24.5 Å². The summed E-state index contributed by atoms with van der Waals surface area (Å²) in [5.74, 6) is -0.642. The maximum atomic E-state index is 13.1. The highest BCUT2D eigenvalue weighted by atomic mass is 16.2. The first kappa shape index (κ1) is 23.4. The van der Waals surface area contributed by atoms with Crippen LogP contribution in [-0.2, 0) is 9.59 Å². The minimum atomic E-state index is -0.726. The first-order valence-corrected chi connectivity index (χ1v) is 12.0. The molecule has 3 amide bonds. The van der Waals surface area contributed by atoms with Crippen molar-refractivity contribution < 1.29 is 19.2 Å². The zero-order chi connectivity index (χ0) is 23.6. The average Bonchev–Trinajstić information content (AvgIpc) is 2.80. The van der Waals surface area contributed by atoms with Crippen molar-refractivity contribution in [2.24, 2.45) is 11.3 Å². The molecule has 1 atom stereocenters. The van der Waals surface area contributed by atoms with E-state index in [0.717, 1.165) is 6.54 Å². The smallest absolute Gasteiger partial charge is 0.255 e. The van der Waals surface area contributed by atoms with Crippen LogP contribution in [0.3, 0.4) is 0 Å². The number of hydrogen-bond acceptors (Lipinski definition) is 6. The topological polar surface area (TPSA) is 108 Å². The van der Waals surface area contributed by atoms with Gasteiger partial charge in [0.2, 0.25) is 11.8 Å². The average molecular weight is 455 g/mol. The number of amides is 3. The second-order valence-electron chi connectivity index (χ2n) is 9.99. The molecule has 0 aromatic heterocycles. The molecule has 8 heteroatoms. The minimum absolute atomic E-state index is 0.189. The number of aldehydes is 1. The Bertz CT molecular complexity index is 930. The molecular formula is C25H34N4O4. The largest absolute Gasteiger partial charge is 0.384 e. The fourth-order valence-corrected chi connectivity index (χ4v) is 5.91. The number of anilines is 1. The van der Waals surface area contributed by atoms with E-state index in [9.17, 15) is 19.2 Å². The van der Waals surface area contributed by atoms with Crippen LogP contribution in [-0.4, -0.2) is 61.6 Å². The molecule has 1 aromatic rings. The molecule has 1 unspecified atom stereocenters. The zero-order valence-corrected chi connectivity index (χ0v) is 19.5. The molecule has 3 N–H and O–H groups in total. The van der Waals surface area contributed by atoms with Gasteiger partial charge >= 0.3 is 0 Å². The Morgan fingerprint density at radius 3 is 2.58 bits per heavy atom. The second kappa shape index (κ2) is 9.63. The van der Waals surface area contributed by atoms with Gasteiger partial charge in [0.15, 0.2) is 6.29 Å². The molecule has 33 heavy (non-hydrogen) atoms. The maximum absolute atomic E-state index is 13.1. The molecule has 1 aliphatic heterocycles. The lowest BCUT2D eigenvalue weighted by Gasteiger charge is -2.52. The third-order valence-electron chi connectivity index (χ3n) is 7.93. The van der Waals surface area contributed by atoms with Crippen molar-refractivity contribution in [2.75, 3.05) is 26.0 Å². The van der Waals surface area contributed by atoms with E-state index >= 15 is 0 Å². The Hall–Kier alpha value is -2.74. The fourth-order valence-electron chi connectivity index (χ4n) is 5.91. The molecule has 1 spiro atoms. The summed E-state index contributed by atoms with van der Waals surface area (Å²) in [5.41, 5.74) is 1.71. The molecule has 3 fully saturated rings. The van der Waals surface area contributed by atoms with Crippen LogP contribution in [0.1, 0.15) is 72.1 Å². The summed E-state index contributed by atoms with van der Waals surface area (Å²) in [5, 5.41) is 9.07.